The molecule has 0 saturated carbocycles. The second-order valence-electron chi connectivity index (χ2n) is 3.19. The second kappa shape index (κ2) is 7.65. The summed E-state index contributed by atoms with van der Waals surface area (Å²) in [5.74, 6) is 1.04. The van der Waals surface area contributed by atoms with Gasteiger partial charge in [-0.1, -0.05) is 0 Å². The van der Waals surface area contributed by atoms with E-state index in [4.69, 9.17) is 18.9 Å². The Balaban J connectivity index is 2.49. The van der Waals surface area contributed by atoms with Crippen molar-refractivity contribution in [1.82, 2.24) is 0 Å². The predicted octanol–water partition coefficient (Wildman–Crippen LogP) is 1.51. The molecule has 0 spiro atoms. The van der Waals surface area contributed by atoms with Gasteiger partial charge in [0.1, 0.15) is 6.29 Å². The Kier molecular flexibility index (Phi) is 6.06. The van der Waals surface area contributed by atoms with Gasteiger partial charge in [-0.25, -0.2) is 0 Å². The van der Waals surface area contributed by atoms with Gasteiger partial charge in [0.05, 0.1) is 20.3 Å². The maximum absolute atomic E-state index is 10.6. The van der Waals surface area contributed by atoms with Crippen LogP contribution in [0.25, 0.3) is 0 Å². The van der Waals surface area contributed by atoms with Crippen molar-refractivity contribution in [1.29, 1.82) is 0 Å². The van der Waals surface area contributed by atoms with Crippen LogP contribution in [0, 0.1) is 0 Å². The highest BCUT2D eigenvalue weighted by molar-refractivity contribution is 5.76. The molecule has 0 atom stereocenters. The van der Waals surface area contributed by atoms with E-state index in [-0.39, 0.29) is 6.79 Å². The highest BCUT2D eigenvalue weighted by Gasteiger charge is 2.05. The fourth-order valence-electron chi connectivity index (χ4n) is 1.18. The molecule has 0 aliphatic carbocycles. The van der Waals surface area contributed by atoms with Gasteiger partial charge in [0.2, 0.25) is 0 Å². The van der Waals surface area contributed by atoms with Crippen molar-refractivity contribution in [2.24, 2.45) is 0 Å². The third-order valence-corrected chi connectivity index (χ3v) is 2.05. The number of methoxy groups -OCH3 is 2. The Labute approximate surface area is 100 Å². The molecule has 1 rings (SSSR count). The first kappa shape index (κ1) is 13.5. The summed E-state index contributed by atoms with van der Waals surface area (Å²) in [6.45, 7) is 1.09. The predicted molar refractivity (Wildman–Crippen MR) is 61.7 cm³/mol. The number of hydrogen-bond donors (Lipinski definition) is 0. The molecule has 0 unspecified atom stereocenters. The third-order valence-electron chi connectivity index (χ3n) is 2.05. The molecule has 0 aromatic heterocycles. The van der Waals surface area contributed by atoms with Crippen LogP contribution in [0.3, 0.4) is 0 Å². The molecule has 0 N–H and O–H groups in total. The van der Waals surface area contributed by atoms with Gasteiger partial charge in [-0.2, -0.15) is 0 Å². The molecular weight excluding hydrogens is 224 g/mol. The lowest BCUT2D eigenvalue weighted by Crippen LogP contribution is -2.08. The van der Waals surface area contributed by atoms with Crippen molar-refractivity contribution in [3.63, 3.8) is 0 Å². The molecule has 0 radical (unpaired) electrons. The topological polar surface area (TPSA) is 54.0 Å². The lowest BCUT2D eigenvalue weighted by Gasteiger charge is -2.11. The average Bonchev–Trinajstić information content (AvgIpc) is 2.38. The van der Waals surface area contributed by atoms with Crippen molar-refractivity contribution in [2.75, 3.05) is 34.2 Å². The molecule has 5 nitrogen and oxygen atoms in total. The Bertz CT molecular complexity index is 351. The monoisotopic (exact) mass is 240 g/mol. The largest absolute Gasteiger partial charge is 0.493 e. The van der Waals surface area contributed by atoms with Crippen LogP contribution in [0.5, 0.6) is 11.5 Å². The standard InChI is InChI=1S/C12H16O5/c1-14-5-6-16-9-17-11-4-3-10(8-13)7-12(11)15-2/h3-4,7-8H,5-6,9H2,1-2H3. The molecule has 0 heterocycles. The van der Waals surface area contributed by atoms with Crippen LogP contribution in [-0.4, -0.2) is 40.5 Å². The van der Waals surface area contributed by atoms with E-state index >= 15 is 0 Å². The molecular formula is C12H16O5. The van der Waals surface area contributed by atoms with Gasteiger partial charge < -0.3 is 18.9 Å². The van der Waals surface area contributed by atoms with Gasteiger partial charge >= 0.3 is 0 Å². The van der Waals surface area contributed by atoms with Crippen molar-refractivity contribution < 1.29 is 23.7 Å². The maximum atomic E-state index is 10.6. The van der Waals surface area contributed by atoms with Gasteiger partial charge in [0, 0.05) is 12.7 Å². The van der Waals surface area contributed by atoms with E-state index in [1.807, 2.05) is 0 Å². The minimum atomic E-state index is 0.111. The van der Waals surface area contributed by atoms with Crippen molar-refractivity contribution in [2.45, 2.75) is 0 Å². The minimum Gasteiger partial charge on any atom is -0.493 e. The lowest BCUT2D eigenvalue weighted by atomic mass is 10.2. The first-order valence-corrected chi connectivity index (χ1v) is 5.14. The van der Waals surface area contributed by atoms with E-state index in [2.05, 4.69) is 0 Å². The van der Waals surface area contributed by atoms with Gasteiger partial charge in [0.25, 0.3) is 0 Å². The SMILES string of the molecule is COCCOCOc1ccc(C=O)cc1OC. The van der Waals surface area contributed by atoms with Crippen LogP contribution in [-0.2, 0) is 9.47 Å². The van der Waals surface area contributed by atoms with E-state index in [0.29, 0.717) is 30.3 Å². The summed E-state index contributed by atoms with van der Waals surface area (Å²) in [6, 6.07) is 4.93. The highest BCUT2D eigenvalue weighted by atomic mass is 16.7. The smallest absolute Gasteiger partial charge is 0.189 e. The first-order valence-electron chi connectivity index (χ1n) is 5.14. The molecule has 0 bridgehead atoms. The second-order valence-corrected chi connectivity index (χ2v) is 3.19. The van der Waals surface area contributed by atoms with Crippen molar-refractivity contribution >= 4 is 6.29 Å². The summed E-state index contributed by atoms with van der Waals surface area (Å²) in [5, 5.41) is 0. The van der Waals surface area contributed by atoms with E-state index in [1.54, 1.807) is 25.3 Å². The number of benzene rings is 1. The number of hydrogen-bond acceptors (Lipinski definition) is 5. The fourth-order valence-corrected chi connectivity index (χ4v) is 1.18. The summed E-state index contributed by atoms with van der Waals surface area (Å²) >= 11 is 0. The number of ether oxygens (including phenoxy) is 4. The quantitative estimate of drug-likeness (QED) is 0.391. The van der Waals surface area contributed by atoms with Crippen LogP contribution in [0.4, 0.5) is 0 Å². The molecule has 0 fully saturated rings. The van der Waals surface area contributed by atoms with Gasteiger partial charge in [-0.15, -0.1) is 0 Å². The molecule has 17 heavy (non-hydrogen) atoms. The third kappa shape index (κ3) is 4.42. The van der Waals surface area contributed by atoms with E-state index < -0.39 is 0 Å². The molecule has 0 amide bonds. The number of carbonyl (C=O) groups excluding carboxylic acids is 1. The number of carbonyl (C=O) groups is 1. The molecule has 1 aromatic rings. The van der Waals surface area contributed by atoms with Crippen molar-refractivity contribution in [3.8, 4) is 11.5 Å². The molecule has 1 aromatic carbocycles. The molecule has 0 saturated heterocycles. The van der Waals surface area contributed by atoms with Crippen LogP contribution < -0.4 is 9.47 Å². The average molecular weight is 240 g/mol. The summed E-state index contributed by atoms with van der Waals surface area (Å²) in [5.41, 5.74) is 0.537. The molecule has 5 heteroatoms. The Morgan fingerprint density at radius 3 is 2.65 bits per heavy atom. The summed E-state index contributed by atoms with van der Waals surface area (Å²) in [6.07, 6.45) is 0.751. The van der Waals surface area contributed by atoms with Crippen molar-refractivity contribution in [3.05, 3.63) is 23.8 Å². The van der Waals surface area contributed by atoms with Gasteiger partial charge in [-0.05, 0) is 18.2 Å². The Morgan fingerprint density at radius 1 is 1.18 bits per heavy atom. The zero-order valence-corrected chi connectivity index (χ0v) is 9.97. The van der Waals surface area contributed by atoms with E-state index in [0.717, 1.165) is 6.29 Å². The maximum Gasteiger partial charge on any atom is 0.189 e. The fraction of sp³-hybridized carbons (Fsp3) is 0.417. The normalized spacial score (nSPS) is 10.0. The van der Waals surface area contributed by atoms with Gasteiger partial charge in [-0.3, -0.25) is 4.79 Å². The van der Waals surface area contributed by atoms with E-state index in [9.17, 15) is 4.79 Å². The zero-order chi connectivity index (χ0) is 12.5. The first-order chi connectivity index (χ1) is 8.31. The lowest BCUT2D eigenvalue weighted by molar-refractivity contribution is -0.00945. The van der Waals surface area contributed by atoms with Crippen LogP contribution in [0.15, 0.2) is 18.2 Å². The van der Waals surface area contributed by atoms with E-state index in [1.165, 1.54) is 7.11 Å². The molecule has 0 aliphatic heterocycles. The van der Waals surface area contributed by atoms with Crippen LogP contribution in [0.2, 0.25) is 0 Å². The minimum absolute atomic E-state index is 0.111. The summed E-state index contributed by atoms with van der Waals surface area (Å²) in [4.78, 5) is 10.6. The zero-order valence-electron chi connectivity index (χ0n) is 9.97. The molecule has 0 aliphatic rings. The Hall–Kier alpha value is -1.59. The summed E-state index contributed by atoms with van der Waals surface area (Å²) < 4.78 is 20.4. The van der Waals surface area contributed by atoms with Gasteiger partial charge in [0.15, 0.2) is 18.3 Å². The number of rotatable bonds is 8. The summed E-state index contributed by atoms with van der Waals surface area (Å²) in [7, 11) is 3.12. The van der Waals surface area contributed by atoms with Crippen LogP contribution >= 0.6 is 0 Å². The Morgan fingerprint density at radius 2 is 2.00 bits per heavy atom. The molecule has 94 valence electrons. The highest BCUT2D eigenvalue weighted by Crippen LogP contribution is 2.27. The van der Waals surface area contributed by atoms with Crippen LogP contribution in [0.1, 0.15) is 10.4 Å². The number of aldehydes is 1.